The van der Waals surface area contributed by atoms with Gasteiger partial charge in [-0.2, -0.15) is 0 Å². The zero-order chi connectivity index (χ0) is 17.6. The van der Waals surface area contributed by atoms with E-state index in [0.717, 1.165) is 55.5 Å². The van der Waals surface area contributed by atoms with E-state index in [0.29, 0.717) is 5.75 Å². The van der Waals surface area contributed by atoms with Crippen molar-refractivity contribution in [3.05, 3.63) is 59.7 Å². The maximum Gasteiger partial charge on any atom is 0.173 e. The minimum absolute atomic E-state index is 0.330. The number of aromatic hydroxyl groups is 1. The molecular weight excluding hydrogens is 330 g/mol. The molecule has 1 saturated heterocycles. The summed E-state index contributed by atoms with van der Waals surface area (Å²) in [6, 6.07) is 15.8. The smallest absolute Gasteiger partial charge is 0.173 e. The van der Waals surface area contributed by atoms with Crippen LogP contribution in [0.15, 0.2) is 48.5 Å². The molecule has 0 aromatic heterocycles. The van der Waals surface area contributed by atoms with Gasteiger partial charge in [0.25, 0.3) is 0 Å². The number of nitrogens with one attached hydrogen (secondary N) is 1. The highest BCUT2D eigenvalue weighted by molar-refractivity contribution is 7.80. The fourth-order valence-corrected chi connectivity index (χ4v) is 3.46. The van der Waals surface area contributed by atoms with Crippen LogP contribution in [0.4, 0.5) is 5.69 Å². The molecule has 2 aromatic rings. The molecule has 5 heteroatoms. The van der Waals surface area contributed by atoms with Crippen LogP contribution in [0.3, 0.4) is 0 Å². The number of hydrogen-bond donors (Lipinski definition) is 2. The number of phenolic OH excluding ortho intramolecular Hbond substituents is 1. The van der Waals surface area contributed by atoms with Gasteiger partial charge in [-0.25, -0.2) is 0 Å². The Kier molecular flexibility index (Phi) is 5.89. The van der Waals surface area contributed by atoms with Crippen LogP contribution in [-0.4, -0.2) is 46.2 Å². The normalized spacial score (nSPS) is 15.2. The van der Waals surface area contributed by atoms with E-state index in [-0.39, 0.29) is 0 Å². The lowest BCUT2D eigenvalue weighted by Gasteiger charge is -2.36. The highest BCUT2D eigenvalue weighted by atomic mass is 32.1. The van der Waals surface area contributed by atoms with Crippen molar-refractivity contribution in [2.45, 2.75) is 19.9 Å². The number of aryl methyl sites for hydroxylation is 1. The summed E-state index contributed by atoms with van der Waals surface area (Å²) in [5.74, 6) is 0.330. The van der Waals surface area contributed by atoms with Gasteiger partial charge in [0, 0.05) is 38.4 Å². The highest BCUT2D eigenvalue weighted by Gasteiger charge is 2.19. The van der Waals surface area contributed by atoms with E-state index in [9.17, 15) is 5.11 Å². The fraction of sp³-hybridized carbons (Fsp3) is 0.350. The van der Waals surface area contributed by atoms with Crippen LogP contribution >= 0.6 is 12.2 Å². The molecule has 0 spiro atoms. The lowest BCUT2D eigenvalue weighted by atomic mass is 10.1. The van der Waals surface area contributed by atoms with Gasteiger partial charge in [0.05, 0.1) is 0 Å². The van der Waals surface area contributed by atoms with Crippen molar-refractivity contribution >= 4 is 23.0 Å². The van der Waals surface area contributed by atoms with Crippen molar-refractivity contribution in [1.29, 1.82) is 0 Å². The first-order valence-electron chi connectivity index (χ1n) is 8.80. The average Bonchev–Trinajstić information content (AvgIpc) is 2.63. The van der Waals surface area contributed by atoms with Crippen molar-refractivity contribution in [2.24, 2.45) is 0 Å². The number of piperazine rings is 1. The van der Waals surface area contributed by atoms with Gasteiger partial charge in [-0.3, -0.25) is 4.90 Å². The number of nitrogens with zero attached hydrogens (tertiary/aromatic N) is 2. The maximum atomic E-state index is 9.59. The molecule has 1 aliphatic rings. The van der Waals surface area contributed by atoms with Gasteiger partial charge in [0.2, 0.25) is 0 Å². The van der Waals surface area contributed by atoms with Gasteiger partial charge in [-0.05, 0) is 48.0 Å². The maximum absolute atomic E-state index is 9.59. The summed E-state index contributed by atoms with van der Waals surface area (Å²) in [6.07, 6.45) is 0.990. The minimum atomic E-state index is 0.330. The predicted octanol–water partition coefficient (Wildman–Crippen LogP) is 3.47. The van der Waals surface area contributed by atoms with Crippen LogP contribution in [0.2, 0.25) is 0 Å². The quantitative estimate of drug-likeness (QED) is 0.822. The summed E-state index contributed by atoms with van der Waals surface area (Å²) in [5, 5.41) is 13.8. The standard InChI is InChI=1S/C20H25N3OS/c1-2-17-7-3-4-9-19(17)21-20(25)23-12-10-22(11-13-23)15-16-6-5-8-18(24)14-16/h3-9,14,24H,2,10-13,15H2,1H3,(H,21,25). The average molecular weight is 356 g/mol. The van der Waals surface area contributed by atoms with Crippen LogP contribution in [0.5, 0.6) is 5.75 Å². The van der Waals surface area contributed by atoms with Gasteiger partial charge in [-0.1, -0.05) is 37.3 Å². The Hall–Kier alpha value is -2.11. The number of benzene rings is 2. The number of phenols is 1. The molecule has 0 atom stereocenters. The minimum Gasteiger partial charge on any atom is -0.508 e. The van der Waals surface area contributed by atoms with Gasteiger partial charge >= 0.3 is 0 Å². The van der Waals surface area contributed by atoms with Gasteiger partial charge < -0.3 is 15.3 Å². The molecule has 0 bridgehead atoms. The fourth-order valence-electron chi connectivity index (χ4n) is 3.17. The van der Waals surface area contributed by atoms with Crippen LogP contribution in [-0.2, 0) is 13.0 Å². The van der Waals surface area contributed by atoms with Crippen LogP contribution < -0.4 is 5.32 Å². The predicted molar refractivity (Wildman–Crippen MR) is 107 cm³/mol. The van der Waals surface area contributed by atoms with Crippen LogP contribution in [0, 0.1) is 0 Å². The van der Waals surface area contributed by atoms with E-state index < -0.39 is 0 Å². The molecule has 1 aliphatic heterocycles. The summed E-state index contributed by atoms with van der Waals surface area (Å²) in [6.45, 7) is 6.78. The zero-order valence-electron chi connectivity index (χ0n) is 14.6. The van der Waals surface area contributed by atoms with E-state index in [1.807, 2.05) is 18.2 Å². The Balaban J connectivity index is 1.52. The van der Waals surface area contributed by atoms with Crippen molar-refractivity contribution < 1.29 is 5.11 Å². The third-order valence-electron chi connectivity index (χ3n) is 4.62. The lowest BCUT2D eigenvalue weighted by Crippen LogP contribution is -2.49. The molecule has 0 aliphatic carbocycles. The summed E-state index contributed by atoms with van der Waals surface area (Å²) in [5.41, 5.74) is 3.54. The van der Waals surface area contributed by atoms with Gasteiger partial charge in [0.1, 0.15) is 5.75 Å². The zero-order valence-corrected chi connectivity index (χ0v) is 15.4. The first-order valence-corrected chi connectivity index (χ1v) is 9.20. The van der Waals surface area contributed by atoms with E-state index in [2.05, 4.69) is 46.3 Å². The molecule has 2 N–H and O–H groups in total. The molecule has 0 radical (unpaired) electrons. The first kappa shape index (κ1) is 17.7. The molecule has 4 nitrogen and oxygen atoms in total. The number of thiocarbonyl (C=S) groups is 1. The number of para-hydroxylation sites is 1. The third-order valence-corrected chi connectivity index (χ3v) is 4.98. The molecule has 0 unspecified atom stereocenters. The second-order valence-corrected chi connectivity index (χ2v) is 6.76. The second-order valence-electron chi connectivity index (χ2n) is 6.37. The molecule has 2 aromatic carbocycles. The van der Waals surface area contributed by atoms with E-state index >= 15 is 0 Å². The largest absolute Gasteiger partial charge is 0.508 e. The molecule has 1 heterocycles. The Morgan fingerprint density at radius 3 is 2.56 bits per heavy atom. The number of hydrogen-bond acceptors (Lipinski definition) is 3. The second kappa shape index (κ2) is 8.32. The lowest BCUT2D eigenvalue weighted by molar-refractivity contribution is 0.177. The van der Waals surface area contributed by atoms with Crippen molar-refractivity contribution in [3.63, 3.8) is 0 Å². The van der Waals surface area contributed by atoms with Gasteiger partial charge in [-0.15, -0.1) is 0 Å². The molecular formula is C20H25N3OS. The SMILES string of the molecule is CCc1ccccc1NC(=S)N1CCN(Cc2cccc(O)c2)CC1. The molecule has 0 saturated carbocycles. The molecule has 0 amide bonds. The summed E-state index contributed by atoms with van der Waals surface area (Å²) in [7, 11) is 0. The molecule has 25 heavy (non-hydrogen) atoms. The Morgan fingerprint density at radius 2 is 1.84 bits per heavy atom. The van der Waals surface area contributed by atoms with Crippen molar-refractivity contribution in [1.82, 2.24) is 9.80 Å². The third kappa shape index (κ3) is 4.71. The number of anilines is 1. The Labute approximate surface area is 155 Å². The monoisotopic (exact) mass is 355 g/mol. The topological polar surface area (TPSA) is 38.7 Å². The van der Waals surface area contributed by atoms with Crippen molar-refractivity contribution in [2.75, 3.05) is 31.5 Å². The summed E-state index contributed by atoms with van der Waals surface area (Å²) < 4.78 is 0. The first-order chi connectivity index (χ1) is 12.2. The Bertz CT molecular complexity index is 726. The Morgan fingerprint density at radius 1 is 1.08 bits per heavy atom. The molecule has 1 fully saturated rings. The molecule has 132 valence electrons. The number of rotatable bonds is 4. The van der Waals surface area contributed by atoms with E-state index in [4.69, 9.17) is 12.2 Å². The van der Waals surface area contributed by atoms with E-state index in [1.165, 1.54) is 5.56 Å². The summed E-state index contributed by atoms with van der Waals surface area (Å²) in [4.78, 5) is 4.63. The van der Waals surface area contributed by atoms with Crippen LogP contribution in [0.1, 0.15) is 18.1 Å². The van der Waals surface area contributed by atoms with Crippen molar-refractivity contribution in [3.8, 4) is 5.75 Å². The van der Waals surface area contributed by atoms with Crippen LogP contribution in [0.25, 0.3) is 0 Å². The van der Waals surface area contributed by atoms with Gasteiger partial charge in [0.15, 0.2) is 5.11 Å². The summed E-state index contributed by atoms with van der Waals surface area (Å²) >= 11 is 5.61. The van der Waals surface area contributed by atoms with E-state index in [1.54, 1.807) is 6.07 Å². The molecule has 3 rings (SSSR count). The highest BCUT2D eigenvalue weighted by Crippen LogP contribution is 2.18.